The summed E-state index contributed by atoms with van der Waals surface area (Å²) in [6.45, 7) is 0. The molecule has 4 aromatic rings. The van der Waals surface area contributed by atoms with Gasteiger partial charge in [0.1, 0.15) is 5.75 Å². The fourth-order valence-electron chi connectivity index (χ4n) is 5.28. The average Bonchev–Trinajstić information content (AvgIpc) is 3.25. The molecule has 0 N–H and O–H groups in total. The number of ether oxygens (including phenoxy) is 3. The molecule has 0 spiro atoms. The Kier molecular flexibility index (Phi) is 6.45. The summed E-state index contributed by atoms with van der Waals surface area (Å²) in [6, 6.07) is 20.0. The maximum Gasteiger partial charge on any atom is 0.271 e. The van der Waals surface area contributed by atoms with E-state index in [0.29, 0.717) is 20.8 Å². The van der Waals surface area contributed by atoms with Crippen LogP contribution in [0.5, 0.6) is 17.2 Å². The van der Waals surface area contributed by atoms with Crippen molar-refractivity contribution in [3.63, 3.8) is 0 Å². The van der Waals surface area contributed by atoms with Crippen molar-refractivity contribution in [3.8, 4) is 17.2 Å². The first-order valence-electron chi connectivity index (χ1n) is 12.2. The van der Waals surface area contributed by atoms with Gasteiger partial charge < -0.3 is 14.2 Å². The predicted molar refractivity (Wildman–Crippen MR) is 153 cm³/mol. The number of halogens is 1. The van der Waals surface area contributed by atoms with Crippen molar-refractivity contribution in [1.82, 2.24) is 4.57 Å². The third-order valence-electron chi connectivity index (χ3n) is 7.06. The molecule has 0 unspecified atom stereocenters. The lowest BCUT2D eigenvalue weighted by atomic mass is 9.83. The first-order chi connectivity index (χ1) is 18.5. The molecule has 0 radical (unpaired) electrons. The van der Waals surface area contributed by atoms with Crippen LogP contribution in [0.4, 0.5) is 0 Å². The minimum atomic E-state index is -0.236. The Morgan fingerprint density at radius 1 is 1.00 bits per heavy atom. The maximum atomic E-state index is 14.0. The average molecular weight is 590 g/mol. The smallest absolute Gasteiger partial charge is 0.271 e. The number of benzene rings is 3. The van der Waals surface area contributed by atoms with Gasteiger partial charge in [0.05, 0.1) is 42.1 Å². The Labute approximate surface area is 232 Å². The van der Waals surface area contributed by atoms with Crippen LogP contribution in [0, 0.1) is 0 Å². The molecule has 0 fully saturated rings. The highest BCUT2D eigenvalue weighted by Gasteiger charge is 2.32. The fraction of sp³-hybridized carbons (Fsp3) is 0.200. The highest BCUT2D eigenvalue weighted by molar-refractivity contribution is 9.10. The van der Waals surface area contributed by atoms with E-state index in [0.717, 1.165) is 45.5 Å². The van der Waals surface area contributed by atoms with Crippen LogP contribution in [0.25, 0.3) is 11.8 Å². The van der Waals surface area contributed by atoms with Gasteiger partial charge in [0.15, 0.2) is 16.3 Å². The van der Waals surface area contributed by atoms with Crippen molar-refractivity contribution in [1.29, 1.82) is 0 Å². The minimum Gasteiger partial charge on any atom is -0.497 e. The van der Waals surface area contributed by atoms with E-state index in [1.807, 2.05) is 47.0 Å². The van der Waals surface area contributed by atoms with Crippen molar-refractivity contribution in [3.05, 3.63) is 113 Å². The Morgan fingerprint density at radius 3 is 2.53 bits per heavy atom. The summed E-state index contributed by atoms with van der Waals surface area (Å²) in [5.41, 5.74) is 6.39. The molecule has 0 saturated carbocycles. The van der Waals surface area contributed by atoms with E-state index in [-0.39, 0.29) is 11.6 Å². The van der Waals surface area contributed by atoms with Gasteiger partial charge in [-0.05, 0) is 81.4 Å². The Morgan fingerprint density at radius 2 is 1.79 bits per heavy atom. The van der Waals surface area contributed by atoms with E-state index in [4.69, 9.17) is 19.2 Å². The van der Waals surface area contributed by atoms with Crippen LogP contribution in [-0.2, 0) is 6.42 Å². The molecule has 0 saturated heterocycles. The second-order valence-corrected chi connectivity index (χ2v) is 11.0. The molecule has 0 amide bonds. The number of allylic oxidation sites excluding steroid dienone is 1. The van der Waals surface area contributed by atoms with Crippen LogP contribution in [-0.4, -0.2) is 25.9 Å². The number of aryl methyl sites for hydroxylation is 1. The molecule has 1 aliphatic carbocycles. The topological polar surface area (TPSA) is 62.0 Å². The molecule has 1 atom stereocenters. The van der Waals surface area contributed by atoms with Gasteiger partial charge in [-0.3, -0.25) is 9.36 Å². The van der Waals surface area contributed by atoms with Gasteiger partial charge in [0.25, 0.3) is 5.56 Å². The zero-order chi connectivity index (χ0) is 26.4. The Balaban J connectivity index is 1.58. The summed E-state index contributed by atoms with van der Waals surface area (Å²) in [7, 11) is 4.85. The van der Waals surface area contributed by atoms with Crippen LogP contribution < -0.4 is 29.1 Å². The summed E-state index contributed by atoms with van der Waals surface area (Å²) < 4.78 is 19.6. The largest absolute Gasteiger partial charge is 0.497 e. The van der Waals surface area contributed by atoms with Gasteiger partial charge >= 0.3 is 0 Å². The second kappa shape index (κ2) is 9.93. The van der Waals surface area contributed by atoms with E-state index >= 15 is 0 Å². The molecular weight excluding hydrogens is 564 g/mol. The molecule has 2 heterocycles. The van der Waals surface area contributed by atoms with Gasteiger partial charge in [-0.25, -0.2) is 4.99 Å². The molecule has 3 aromatic carbocycles. The maximum absolute atomic E-state index is 14.0. The Bertz CT molecular complexity index is 1770. The lowest BCUT2D eigenvalue weighted by Gasteiger charge is -2.30. The van der Waals surface area contributed by atoms with Crippen LogP contribution in [0.2, 0.25) is 0 Å². The van der Waals surface area contributed by atoms with Crippen molar-refractivity contribution in [2.45, 2.75) is 18.9 Å². The predicted octanol–water partition coefficient (Wildman–Crippen LogP) is 5.11. The third kappa shape index (κ3) is 4.08. The van der Waals surface area contributed by atoms with Crippen LogP contribution in [0.1, 0.15) is 34.7 Å². The van der Waals surface area contributed by atoms with Gasteiger partial charge in [-0.1, -0.05) is 47.7 Å². The Hall–Kier alpha value is -3.62. The highest BCUT2D eigenvalue weighted by Crippen LogP contribution is 2.41. The van der Waals surface area contributed by atoms with E-state index in [1.165, 1.54) is 22.5 Å². The first kappa shape index (κ1) is 24.7. The summed E-state index contributed by atoms with van der Waals surface area (Å²) in [4.78, 5) is 19.7. The quantitative estimate of drug-likeness (QED) is 0.325. The van der Waals surface area contributed by atoms with Crippen LogP contribution in [0.3, 0.4) is 0 Å². The van der Waals surface area contributed by atoms with Gasteiger partial charge in [-0.15, -0.1) is 0 Å². The number of hydrogen-bond donors (Lipinski definition) is 0. The second-order valence-electron chi connectivity index (χ2n) is 9.13. The zero-order valence-electron chi connectivity index (χ0n) is 21.2. The van der Waals surface area contributed by atoms with Crippen LogP contribution in [0.15, 0.2) is 80.5 Å². The molecule has 192 valence electrons. The highest BCUT2D eigenvalue weighted by atomic mass is 79.9. The van der Waals surface area contributed by atoms with E-state index in [9.17, 15) is 4.79 Å². The molecule has 1 aliphatic heterocycles. The number of rotatable bonds is 5. The fourth-order valence-corrected chi connectivity index (χ4v) is 6.90. The molecule has 2 aliphatic rings. The van der Waals surface area contributed by atoms with E-state index in [1.54, 1.807) is 21.3 Å². The van der Waals surface area contributed by atoms with Gasteiger partial charge in [0.2, 0.25) is 0 Å². The molecule has 0 bridgehead atoms. The van der Waals surface area contributed by atoms with Crippen molar-refractivity contribution >= 4 is 39.0 Å². The number of methoxy groups -OCH3 is 3. The van der Waals surface area contributed by atoms with Crippen molar-refractivity contribution < 1.29 is 14.2 Å². The summed E-state index contributed by atoms with van der Waals surface area (Å²) >= 11 is 4.96. The number of aromatic nitrogens is 1. The lowest BCUT2D eigenvalue weighted by molar-refractivity contribution is 0.353. The molecular formula is C30H25BrN2O4S. The third-order valence-corrected chi connectivity index (χ3v) is 8.63. The molecule has 6 nitrogen and oxygen atoms in total. The monoisotopic (exact) mass is 588 g/mol. The van der Waals surface area contributed by atoms with E-state index in [2.05, 4.69) is 40.2 Å². The molecule has 1 aromatic heterocycles. The number of nitrogens with zero attached hydrogens (tertiary/aromatic N) is 2. The standard InChI is InChI=1S/C30H25BrN2O4S/c1-35-20-11-8-19(9-12-20)27-22-13-10-18-6-4-5-7-21(18)26(22)32-30-33(27)29(34)25(38-30)16-17-14-23(31)28(37-3)24(15-17)36-2/h4-9,11-12,14-16,27H,10,13H2,1-3H3/b25-16+/t27-/m1/s1. The number of thiazole rings is 1. The molecule has 8 heteroatoms. The summed E-state index contributed by atoms with van der Waals surface area (Å²) in [6.07, 6.45) is 3.65. The van der Waals surface area contributed by atoms with Gasteiger partial charge in [-0.2, -0.15) is 0 Å². The van der Waals surface area contributed by atoms with Crippen LogP contribution >= 0.6 is 27.3 Å². The molecule has 6 rings (SSSR count). The first-order valence-corrected chi connectivity index (χ1v) is 13.8. The van der Waals surface area contributed by atoms with Gasteiger partial charge in [0, 0.05) is 5.56 Å². The van der Waals surface area contributed by atoms with Crippen molar-refractivity contribution in [2.75, 3.05) is 21.3 Å². The number of hydrogen-bond acceptors (Lipinski definition) is 6. The zero-order valence-corrected chi connectivity index (χ0v) is 23.6. The summed E-state index contributed by atoms with van der Waals surface area (Å²) in [5.74, 6) is 1.98. The summed E-state index contributed by atoms with van der Waals surface area (Å²) in [5, 5.41) is 0. The van der Waals surface area contributed by atoms with E-state index < -0.39 is 0 Å². The minimum absolute atomic E-state index is 0.0640. The lowest BCUT2D eigenvalue weighted by Crippen LogP contribution is -2.38. The number of fused-ring (bicyclic) bond motifs is 3. The normalized spacial score (nSPS) is 16.3. The molecule has 38 heavy (non-hydrogen) atoms. The SMILES string of the molecule is COc1ccc([C@@H]2C3=C(N=c4s/c(=C/c5cc(Br)c(OC)c(OC)c5)c(=O)n42)c2ccccc2CC3)cc1. The van der Waals surface area contributed by atoms with Crippen molar-refractivity contribution in [2.24, 2.45) is 4.99 Å².